The van der Waals surface area contributed by atoms with Crippen LogP contribution in [0.2, 0.25) is 0 Å². The predicted octanol–water partition coefficient (Wildman–Crippen LogP) is 5.27. The molecule has 0 bridgehead atoms. The van der Waals surface area contributed by atoms with E-state index in [1.165, 1.54) is 11.3 Å². The number of rotatable bonds is 4. The van der Waals surface area contributed by atoms with Crippen molar-refractivity contribution < 1.29 is 14.3 Å². The summed E-state index contributed by atoms with van der Waals surface area (Å²) in [5.74, 6) is 1.57. The van der Waals surface area contributed by atoms with E-state index in [0.717, 1.165) is 38.8 Å². The van der Waals surface area contributed by atoms with Gasteiger partial charge in [0.1, 0.15) is 18.1 Å². The maximum Gasteiger partial charge on any atom is 0.265 e. The molecule has 2 aromatic carbocycles. The molecule has 2 heterocycles. The molecule has 0 radical (unpaired) electrons. The monoisotopic (exact) mass is 365 g/mol. The molecule has 1 aliphatic rings. The molecule has 1 aromatic heterocycles. The molecule has 4 rings (SSSR count). The van der Waals surface area contributed by atoms with Gasteiger partial charge in [-0.2, -0.15) is 0 Å². The second-order valence-corrected chi connectivity index (χ2v) is 7.17. The number of amides is 1. The van der Waals surface area contributed by atoms with E-state index in [9.17, 15) is 4.79 Å². The molecule has 1 aliphatic heterocycles. The van der Waals surface area contributed by atoms with Crippen molar-refractivity contribution in [3.8, 4) is 21.9 Å². The fraction of sp³-hybridized carbons (Fsp3) is 0.190. The third-order valence-electron chi connectivity index (χ3n) is 4.30. The molecule has 3 aromatic rings. The fourth-order valence-electron chi connectivity index (χ4n) is 3.06. The maximum atomic E-state index is 12.7. The van der Waals surface area contributed by atoms with Crippen molar-refractivity contribution in [3.05, 3.63) is 64.5 Å². The molecule has 132 valence electrons. The van der Waals surface area contributed by atoms with Crippen molar-refractivity contribution in [1.82, 2.24) is 0 Å². The molecule has 26 heavy (non-hydrogen) atoms. The van der Waals surface area contributed by atoms with Crippen LogP contribution in [0.5, 0.6) is 11.5 Å². The number of nitrogens with one attached hydrogen (secondary N) is 1. The van der Waals surface area contributed by atoms with Crippen LogP contribution >= 0.6 is 11.3 Å². The van der Waals surface area contributed by atoms with Crippen LogP contribution in [0.4, 0.5) is 5.69 Å². The zero-order valence-electron chi connectivity index (χ0n) is 14.7. The number of hydrogen-bond donors (Lipinski definition) is 1. The number of hydrogen-bond acceptors (Lipinski definition) is 4. The number of aryl methyl sites for hydroxylation is 1. The van der Waals surface area contributed by atoms with Gasteiger partial charge in [-0.25, -0.2) is 0 Å². The van der Waals surface area contributed by atoms with Gasteiger partial charge in [0.2, 0.25) is 0 Å². The largest absolute Gasteiger partial charge is 0.494 e. The van der Waals surface area contributed by atoms with E-state index in [4.69, 9.17) is 9.47 Å². The van der Waals surface area contributed by atoms with Crippen LogP contribution in [-0.2, 0) is 6.61 Å². The van der Waals surface area contributed by atoms with Crippen molar-refractivity contribution in [2.75, 3.05) is 11.9 Å². The predicted molar refractivity (Wildman–Crippen MR) is 104 cm³/mol. The van der Waals surface area contributed by atoms with Gasteiger partial charge >= 0.3 is 0 Å². The van der Waals surface area contributed by atoms with E-state index in [1.54, 1.807) is 0 Å². The highest BCUT2D eigenvalue weighted by Crippen LogP contribution is 2.44. The van der Waals surface area contributed by atoms with Crippen LogP contribution in [0.25, 0.3) is 10.4 Å². The summed E-state index contributed by atoms with van der Waals surface area (Å²) in [7, 11) is 0. The molecule has 0 aliphatic carbocycles. The molecule has 0 spiro atoms. The lowest BCUT2D eigenvalue weighted by molar-refractivity contribution is 0.103. The van der Waals surface area contributed by atoms with Crippen LogP contribution in [0, 0.1) is 6.92 Å². The summed E-state index contributed by atoms with van der Waals surface area (Å²) in [4.78, 5) is 14.5. The molecular weight excluding hydrogens is 346 g/mol. The fourth-order valence-corrected chi connectivity index (χ4v) is 4.24. The zero-order chi connectivity index (χ0) is 18.1. The number of carbonyl (C=O) groups is 1. The Hall–Kier alpha value is -2.79. The van der Waals surface area contributed by atoms with Gasteiger partial charge in [0.05, 0.1) is 11.5 Å². The van der Waals surface area contributed by atoms with Gasteiger partial charge in [0, 0.05) is 21.7 Å². The Labute approximate surface area is 156 Å². The molecule has 0 unspecified atom stereocenters. The SMILES string of the molecule is CCOc1ccc(NC(=O)c2cc3c(s2)-c2c(C)cccc2OC3)cc1. The molecule has 1 amide bonds. The van der Waals surface area contributed by atoms with E-state index >= 15 is 0 Å². The first kappa shape index (κ1) is 16.7. The topological polar surface area (TPSA) is 47.6 Å². The van der Waals surface area contributed by atoms with Gasteiger partial charge in [-0.1, -0.05) is 12.1 Å². The summed E-state index contributed by atoms with van der Waals surface area (Å²) < 4.78 is 11.3. The molecular formula is C21H19NO3S. The summed E-state index contributed by atoms with van der Waals surface area (Å²) in [5, 5.41) is 2.95. The van der Waals surface area contributed by atoms with E-state index in [2.05, 4.69) is 18.3 Å². The van der Waals surface area contributed by atoms with E-state index in [1.807, 2.05) is 49.4 Å². The van der Waals surface area contributed by atoms with Gasteiger partial charge in [-0.15, -0.1) is 11.3 Å². The van der Waals surface area contributed by atoms with Gasteiger partial charge in [0.25, 0.3) is 5.91 Å². The number of thiophene rings is 1. The highest BCUT2D eigenvalue weighted by atomic mass is 32.1. The number of ether oxygens (including phenoxy) is 2. The van der Waals surface area contributed by atoms with Crippen molar-refractivity contribution in [3.63, 3.8) is 0 Å². The third kappa shape index (κ3) is 3.06. The quantitative estimate of drug-likeness (QED) is 0.685. The summed E-state index contributed by atoms with van der Waals surface area (Å²) in [6.45, 7) is 5.13. The molecule has 1 N–H and O–H groups in total. The number of carbonyl (C=O) groups excluding carboxylic acids is 1. The van der Waals surface area contributed by atoms with E-state index < -0.39 is 0 Å². The van der Waals surface area contributed by atoms with Gasteiger partial charge in [-0.05, 0) is 55.8 Å². The Bertz CT molecular complexity index is 960. The molecule has 0 fully saturated rings. The maximum absolute atomic E-state index is 12.7. The highest BCUT2D eigenvalue weighted by molar-refractivity contribution is 7.17. The van der Waals surface area contributed by atoms with Crippen LogP contribution in [0.3, 0.4) is 0 Å². The number of anilines is 1. The second-order valence-electron chi connectivity index (χ2n) is 6.11. The van der Waals surface area contributed by atoms with Crippen molar-refractivity contribution in [2.24, 2.45) is 0 Å². The smallest absolute Gasteiger partial charge is 0.265 e. The summed E-state index contributed by atoms with van der Waals surface area (Å²) in [5.41, 5.74) is 4.06. The van der Waals surface area contributed by atoms with Crippen LogP contribution < -0.4 is 14.8 Å². The molecule has 0 saturated heterocycles. The van der Waals surface area contributed by atoms with Crippen LogP contribution in [0.15, 0.2) is 48.5 Å². The molecule has 0 atom stereocenters. The molecule has 4 nitrogen and oxygen atoms in total. The van der Waals surface area contributed by atoms with E-state index in [-0.39, 0.29) is 5.91 Å². The third-order valence-corrected chi connectivity index (χ3v) is 5.49. The Morgan fingerprint density at radius 1 is 1.23 bits per heavy atom. The number of fused-ring (bicyclic) bond motifs is 3. The zero-order valence-corrected chi connectivity index (χ0v) is 15.5. The minimum atomic E-state index is -0.108. The van der Waals surface area contributed by atoms with Crippen LogP contribution in [-0.4, -0.2) is 12.5 Å². The van der Waals surface area contributed by atoms with Gasteiger partial charge in [0.15, 0.2) is 0 Å². The standard InChI is InChI=1S/C21H19NO3S/c1-3-24-16-9-7-15(8-10-16)22-21(23)18-11-14-12-25-17-6-4-5-13(2)19(17)20(14)26-18/h4-11H,3,12H2,1-2H3,(H,22,23). The first-order chi connectivity index (χ1) is 12.7. The van der Waals surface area contributed by atoms with Crippen molar-refractivity contribution in [1.29, 1.82) is 0 Å². The average molecular weight is 365 g/mol. The van der Waals surface area contributed by atoms with E-state index in [0.29, 0.717) is 18.1 Å². The minimum absolute atomic E-state index is 0.108. The lowest BCUT2D eigenvalue weighted by atomic mass is 10.0. The first-order valence-electron chi connectivity index (χ1n) is 8.55. The van der Waals surface area contributed by atoms with Gasteiger partial charge < -0.3 is 14.8 Å². The lowest BCUT2D eigenvalue weighted by Crippen LogP contribution is -2.10. The lowest BCUT2D eigenvalue weighted by Gasteiger charge is -2.19. The minimum Gasteiger partial charge on any atom is -0.494 e. The normalized spacial score (nSPS) is 11.9. The molecule has 0 saturated carbocycles. The van der Waals surface area contributed by atoms with Gasteiger partial charge in [-0.3, -0.25) is 4.79 Å². The Morgan fingerprint density at radius 2 is 2.04 bits per heavy atom. The second kappa shape index (κ2) is 6.84. The highest BCUT2D eigenvalue weighted by Gasteiger charge is 2.24. The molecule has 5 heteroatoms. The average Bonchev–Trinajstić information content (AvgIpc) is 3.08. The first-order valence-corrected chi connectivity index (χ1v) is 9.37. The Kier molecular flexibility index (Phi) is 4.39. The summed E-state index contributed by atoms with van der Waals surface area (Å²) >= 11 is 1.51. The summed E-state index contributed by atoms with van der Waals surface area (Å²) in [6.07, 6.45) is 0. The van der Waals surface area contributed by atoms with Crippen LogP contribution in [0.1, 0.15) is 27.7 Å². The van der Waals surface area contributed by atoms with Crippen molar-refractivity contribution >= 4 is 22.9 Å². The Balaban J connectivity index is 1.58. The summed E-state index contributed by atoms with van der Waals surface area (Å²) in [6, 6.07) is 15.4. The number of benzene rings is 2. The van der Waals surface area contributed by atoms with Crippen molar-refractivity contribution in [2.45, 2.75) is 20.5 Å². The Morgan fingerprint density at radius 3 is 2.81 bits per heavy atom.